The van der Waals surface area contributed by atoms with E-state index in [1.165, 1.54) is 16.7 Å². The molecule has 0 fully saturated rings. The van der Waals surface area contributed by atoms with E-state index in [1.807, 2.05) is 0 Å². The molecule has 12 heavy (non-hydrogen) atoms. The first-order valence-electron chi connectivity index (χ1n) is 4.33. The van der Waals surface area contributed by atoms with E-state index in [0.717, 1.165) is 12.2 Å². The van der Waals surface area contributed by atoms with E-state index in [-0.39, 0.29) is 0 Å². The first-order chi connectivity index (χ1) is 5.70. The lowest BCUT2D eigenvalue weighted by atomic mass is 10.0. The SMILES string of the molecule is CCc1ccc(C)c(C)c1OC. The number of aryl methyl sites for hydroxylation is 2. The molecule has 1 aromatic carbocycles. The molecule has 0 spiro atoms. The van der Waals surface area contributed by atoms with Crippen LogP contribution in [0, 0.1) is 13.8 Å². The summed E-state index contributed by atoms with van der Waals surface area (Å²) in [5, 5.41) is 0. The minimum Gasteiger partial charge on any atom is -0.496 e. The van der Waals surface area contributed by atoms with Crippen LogP contribution in [-0.4, -0.2) is 7.11 Å². The number of ether oxygens (including phenoxy) is 1. The molecule has 0 N–H and O–H groups in total. The monoisotopic (exact) mass is 164 g/mol. The molecule has 0 saturated carbocycles. The van der Waals surface area contributed by atoms with Crippen molar-refractivity contribution >= 4 is 0 Å². The van der Waals surface area contributed by atoms with Gasteiger partial charge in [0.15, 0.2) is 0 Å². The molecule has 0 radical (unpaired) electrons. The van der Waals surface area contributed by atoms with Crippen molar-refractivity contribution in [1.29, 1.82) is 0 Å². The smallest absolute Gasteiger partial charge is 0.125 e. The van der Waals surface area contributed by atoms with Crippen LogP contribution in [0.4, 0.5) is 0 Å². The summed E-state index contributed by atoms with van der Waals surface area (Å²) in [5.41, 5.74) is 3.85. The molecular weight excluding hydrogens is 148 g/mol. The summed E-state index contributed by atoms with van der Waals surface area (Å²) in [6.45, 7) is 6.36. The van der Waals surface area contributed by atoms with E-state index < -0.39 is 0 Å². The summed E-state index contributed by atoms with van der Waals surface area (Å²) in [5.74, 6) is 1.05. The van der Waals surface area contributed by atoms with Crippen molar-refractivity contribution in [2.45, 2.75) is 27.2 Å². The lowest BCUT2D eigenvalue weighted by Gasteiger charge is -2.11. The molecule has 0 aliphatic heterocycles. The minimum absolute atomic E-state index is 1.03. The molecule has 0 bridgehead atoms. The molecule has 0 amide bonds. The van der Waals surface area contributed by atoms with Gasteiger partial charge in [-0.15, -0.1) is 0 Å². The van der Waals surface area contributed by atoms with E-state index in [4.69, 9.17) is 4.74 Å². The topological polar surface area (TPSA) is 9.23 Å². The first kappa shape index (κ1) is 9.11. The maximum Gasteiger partial charge on any atom is 0.125 e. The van der Waals surface area contributed by atoms with Crippen LogP contribution < -0.4 is 4.74 Å². The van der Waals surface area contributed by atoms with E-state index >= 15 is 0 Å². The summed E-state index contributed by atoms with van der Waals surface area (Å²) in [4.78, 5) is 0. The zero-order valence-electron chi connectivity index (χ0n) is 8.27. The Bertz CT molecular complexity index is 277. The standard InChI is InChI=1S/C11H16O/c1-5-10-7-6-8(2)9(3)11(10)12-4/h6-7H,5H2,1-4H3. The van der Waals surface area contributed by atoms with Gasteiger partial charge in [-0.2, -0.15) is 0 Å². The van der Waals surface area contributed by atoms with Gasteiger partial charge in [0.25, 0.3) is 0 Å². The number of benzene rings is 1. The van der Waals surface area contributed by atoms with Crippen molar-refractivity contribution < 1.29 is 4.74 Å². The van der Waals surface area contributed by atoms with Gasteiger partial charge in [0.05, 0.1) is 7.11 Å². The minimum atomic E-state index is 1.03. The third kappa shape index (κ3) is 1.45. The van der Waals surface area contributed by atoms with Crippen molar-refractivity contribution in [1.82, 2.24) is 0 Å². The lowest BCUT2D eigenvalue weighted by Crippen LogP contribution is -1.95. The molecule has 0 aromatic heterocycles. The second kappa shape index (κ2) is 3.61. The Morgan fingerprint density at radius 1 is 1.25 bits per heavy atom. The highest BCUT2D eigenvalue weighted by atomic mass is 16.5. The molecule has 0 heterocycles. The van der Waals surface area contributed by atoms with Gasteiger partial charge in [0, 0.05) is 0 Å². The fourth-order valence-electron chi connectivity index (χ4n) is 1.41. The second-order valence-corrected chi connectivity index (χ2v) is 3.05. The maximum atomic E-state index is 5.35. The molecule has 1 nitrogen and oxygen atoms in total. The molecule has 1 heteroatoms. The Morgan fingerprint density at radius 2 is 1.92 bits per heavy atom. The van der Waals surface area contributed by atoms with Gasteiger partial charge >= 0.3 is 0 Å². The Balaban J connectivity index is 3.25. The third-order valence-corrected chi connectivity index (χ3v) is 2.34. The van der Waals surface area contributed by atoms with Crippen LogP contribution in [0.1, 0.15) is 23.6 Å². The van der Waals surface area contributed by atoms with E-state index in [1.54, 1.807) is 7.11 Å². The molecule has 0 aliphatic carbocycles. The number of hydrogen-bond acceptors (Lipinski definition) is 1. The van der Waals surface area contributed by atoms with E-state index in [9.17, 15) is 0 Å². The molecule has 0 saturated heterocycles. The second-order valence-electron chi connectivity index (χ2n) is 3.05. The number of hydrogen-bond donors (Lipinski definition) is 0. The van der Waals surface area contributed by atoms with Crippen molar-refractivity contribution in [3.05, 3.63) is 28.8 Å². The molecule has 0 unspecified atom stereocenters. The van der Waals surface area contributed by atoms with Crippen LogP contribution in [-0.2, 0) is 6.42 Å². The zero-order valence-corrected chi connectivity index (χ0v) is 8.27. The highest BCUT2D eigenvalue weighted by molar-refractivity contribution is 5.45. The summed E-state index contributed by atoms with van der Waals surface area (Å²) >= 11 is 0. The fourth-order valence-corrected chi connectivity index (χ4v) is 1.41. The van der Waals surface area contributed by atoms with E-state index in [0.29, 0.717) is 0 Å². The molecule has 1 aromatic rings. The summed E-state index contributed by atoms with van der Waals surface area (Å²) in [7, 11) is 1.74. The van der Waals surface area contributed by atoms with E-state index in [2.05, 4.69) is 32.9 Å². The van der Waals surface area contributed by atoms with Crippen molar-refractivity contribution in [2.24, 2.45) is 0 Å². The van der Waals surface area contributed by atoms with Crippen LogP contribution in [0.25, 0.3) is 0 Å². The maximum absolute atomic E-state index is 5.35. The van der Waals surface area contributed by atoms with Gasteiger partial charge in [-0.05, 0) is 37.0 Å². The fraction of sp³-hybridized carbons (Fsp3) is 0.455. The normalized spacial score (nSPS) is 10.0. The summed E-state index contributed by atoms with van der Waals surface area (Å²) < 4.78 is 5.35. The van der Waals surface area contributed by atoms with Gasteiger partial charge in [-0.25, -0.2) is 0 Å². The van der Waals surface area contributed by atoms with Gasteiger partial charge < -0.3 is 4.74 Å². The predicted octanol–water partition coefficient (Wildman–Crippen LogP) is 2.87. The molecule has 1 rings (SSSR count). The third-order valence-electron chi connectivity index (χ3n) is 2.34. The van der Waals surface area contributed by atoms with Gasteiger partial charge in [-0.1, -0.05) is 19.1 Å². The van der Waals surface area contributed by atoms with Crippen LogP contribution in [0.3, 0.4) is 0 Å². The van der Waals surface area contributed by atoms with Crippen molar-refractivity contribution in [3.63, 3.8) is 0 Å². The van der Waals surface area contributed by atoms with Crippen LogP contribution in [0.5, 0.6) is 5.75 Å². The summed E-state index contributed by atoms with van der Waals surface area (Å²) in [6.07, 6.45) is 1.03. The molecule has 0 atom stereocenters. The molecular formula is C11H16O. The van der Waals surface area contributed by atoms with Gasteiger partial charge in [-0.3, -0.25) is 0 Å². The van der Waals surface area contributed by atoms with Crippen molar-refractivity contribution in [2.75, 3.05) is 7.11 Å². The van der Waals surface area contributed by atoms with Gasteiger partial charge in [0.1, 0.15) is 5.75 Å². The van der Waals surface area contributed by atoms with Crippen molar-refractivity contribution in [3.8, 4) is 5.75 Å². The highest BCUT2D eigenvalue weighted by Gasteiger charge is 2.05. The zero-order chi connectivity index (χ0) is 9.14. The lowest BCUT2D eigenvalue weighted by molar-refractivity contribution is 0.406. The van der Waals surface area contributed by atoms with Gasteiger partial charge in [0.2, 0.25) is 0 Å². The summed E-state index contributed by atoms with van der Waals surface area (Å²) in [6, 6.07) is 4.29. The Kier molecular flexibility index (Phi) is 2.74. The first-order valence-corrected chi connectivity index (χ1v) is 4.33. The number of methoxy groups -OCH3 is 1. The molecule has 0 aliphatic rings. The molecule has 66 valence electrons. The predicted molar refractivity (Wildman–Crippen MR) is 51.8 cm³/mol. The Morgan fingerprint density at radius 3 is 2.42 bits per heavy atom. The average molecular weight is 164 g/mol. The van der Waals surface area contributed by atoms with Crippen LogP contribution in [0.15, 0.2) is 12.1 Å². The Labute approximate surface area is 74.4 Å². The average Bonchev–Trinajstić information content (AvgIpc) is 2.09. The quantitative estimate of drug-likeness (QED) is 0.653. The Hall–Kier alpha value is -0.980. The van der Waals surface area contributed by atoms with Crippen LogP contribution >= 0.6 is 0 Å². The highest BCUT2D eigenvalue weighted by Crippen LogP contribution is 2.26. The largest absolute Gasteiger partial charge is 0.496 e. The van der Waals surface area contributed by atoms with Crippen LogP contribution in [0.2, 0.25) is 0 Å². The number of rotatable bonds is 2.